The van der Waals surface area contributed by atoms with E-state index >= 15 is 0 Å². The van der Waals surface area contributed by atoms with Crippen LogP contribution >= 0.6 is 0 Å². The Morgan fingerprint density at radius 1 is 1.18 bits per heavy atom. The lowest BCUT2D eigenvalue weighted by Crippen LogP contribution is -2.26. The van der Waals surface area contributed by atoms with Gasteiger partial charge in [-0.15, -0.1) is 0 Å². The van der Waals surface area contributed by atoms with Gasteiger partial charge in [-0.25, -0.2) is 13.1 Å². The van der Waals surface area contributed by atoms with Crippen molar-refractivity contribution in [3.05, 3.63) is 35.7 Å². The van der Waals surface area contributed by atoms with Gasteiger partial charge in [-0.2, -0.15) is 0 Å². The number of rotatable bonds is 7. The minimum atomic E-state index is -3.63. The van der Waals surface area contributed by atoms with Gasteiger partial charge in [0.2, 0.25) is 10.0 Å². The van der Waals surface area contributed by atoms with Crippen molar-refractivity contribution < 1.29 is 22.4 Å². The van der Waals surface area contributed by atoms with Crippen molar-refractivity contribution in [1.82, 2.24) is 9.88 Å². The molecular weight excluding hydrogens is 308 g/mol. The summed E-state index contributed by atoms with van der Waals surface area (Å²) in [4.78, 5) is 0.110. The third kappa shape index (κ3) is 3.77. The van der Waals surface area contributed by atoms with E-state index in [9.17, 15) is 8.42 Å². The first-order valence-corrected chi connectivity index (χ1v) is 8.08. The van der Waals surface area contributed by atoms with Crippen molar-refractivity contribution in [2.45, 2.75) is 18.2 Å². The van der Waals surface area contributed by atoms with Crippen LogP contribution in [0.1, 0.15) is 11.5 Å². The monoisotopic (exact) mass is 326 g/mol. The van der Waals surface area contributed by atoms with Crippen molar-refractivity contribution in [3.63, 3.8) is 0 Å². The molecule has 0 aliphatic heterocycles. The SMILES string of the molecule is COc1ccc(S(=O)(=O)NCCc2cc(C)no2)cc1OC. The Morgan fingerprint density at radius 2 is 1.91 bits per heavy atom. The van der Waals surface area contributed by atoms with E-state index in [1.807, 2.05) is 0 Å². The fraction of sp³-hybridized carbons (Fsp3) is 0.357. The van der Waals surface area contributed by atoms with Gasteiger partial charge < -0.3 is 14.0 Å². The molecule has 1 heterocycles. The van der Waals surface area contributed by atoms with Gasteiger partial charge in [0, 0.05) is 25.1 Å². The minimum Gasteiger partial charge on any atom is -0.493 e. The number of aromatic nitrogens is 1. The molecule has 0 saturated heterocycles. The van der Waals surface area contributed by atoms with Crippen molar-refractivity contribution >= 4 is 10.0 Å². The summed E-state index contributed by atoms with van der Waals surface area (Å²) >= 11 is 0. The number of methoxy groups -OCH3 is 2. The number of nitrogens with zero attached hydrogens (tertiary/aromatic N) is 1. The summed E-state index contributed by atoms with van der Waals surface area (Å²) in [5.41, 5.74) is 0.762. The standard InChI is InChI=1S/C14H18N2O5S/c1-10-8-11(21-16-10)6-7-15-22(17,18)12-4-5-13(19-2)14(9-12)20-3/h4-5,8-9,15H,6-7H2,1-3H3. The average molecular weight is 326 g/mol. The number of sulfonamides is 1. The highest BCUT2D eigenvalue weighted by atomic mass is 32.2. The lowest BCUT2D eigenvalue weighted by Gasteiger charge is -2.10. The van der Waals surface area contributed by atoms with Crippen molar-refractivity contribution in [1.29, 1.82) is 0 Å². The van der Waals surface area contributed by atoms with E-state index in [2.05, 4.69) is 9.88 Å². The number of aryl methyl sites for hydroxylation is 1. The van der Waals surface area contributed by atoms with E-state index in [0.717, 1.165) is 5.69 Å². The second-order valence-electron chi connectivity index (χ2n) is 4.60. The van der Waals surface area contributed by atoms with Crippen molar-refractivity contribution in [3.8, 4) is 11.5 Å². The Kier molecular flexibility index (Phi) is 5.04. The molecule has 120 valence electrons. The molecule has 0 atom stereocenters. The van der Waals surface area contributed by atoms with Gasteiger partial charge in [-0.3, -0.25) is 0 Å². The van der Waals surface area contributed by atoms with Crippen LogP contribution in [0.25, 0.3) is 0 Å². The van der Waals surface area contributed by atoms with E-state index in [0.29, 0.717) is 23.7 Å². The second-order valence-corrected chi connectivity index (χ2v) is 6.37. The van der Waals surface area contributed by atoms with E-state index in [-0.39, 0.29) is 11.4 Å². The van der Waals surface area contributed by atoms with Gasteiger partial charge in [0.15, 0.2) is 11.5 Å². The number of nitrogens with one attached hydrogen (secondary N) is 1. The Bertz CT molecular complexity index is 739. The molecule has 1 N–H and O–H groups in total. The lowest BCUT2D eigenvalue weighted by atomic mass is 10.3. The third-order valence-corrected chi connectivity index (χ3v) is 4.46. The Labute approximate surface area is 129 Å². The second kappa shape index (κ2) is 6.80. The summed E-state index contributed by atoms with van der Waals surface area (Å²) in [5, 5.41) is 3.75. The molecule has 0 bridgehead atoms. The molecule has 1 aromatic heterocycles. The van der Waals surface area contributed by atoms with Crippen LogP contribution in [-0.4, -0.2) is 34.3 Å². The van der Waals surface area contributed by atoms with Crippen LogP contribution in [0.4, 0.5) is 0 Å². The number of hydrogen-bond acceptors (Lipinski definition) is 6. The molecule has 0 radical (unpaired) electrons. The van der Waals surface area contributed by atoms with E-state index in [1.165, 1.54) is 26.4 Å². The quantitative estimate of drug-likeness (QED) is 0.829. The molecule has 1 aromatic carbocycles. The maximum absolute atomic E-state index is 12.2. The number of hydrogen-bond donors (Lipinski definition) is 1. The van der Waals surface area contributed by atoms with Gasteiger partial charge in [0.25, 0.3) is 0 Å². The maximum Gasteiger partial charge on any atom is 0.240 e. The van der Waals surface area contributed by atoms with Crippen LogP contribution in [0.15, 0.2) is 33.7 Å². The maximum atomic E-state index is 12.2. The Hall–Kier alpha value is -2.06. The van der Waals surface area contributed by atoms with Gasteiger partial charge in [0.1, 0.15) is 5.76 Å². The topological polar surface area (TPSA) is 90.7 Å². The van der Waals surface area contributed by atoms with Crippen LogP contribution in [0.2, 0.25) is 0 Å². The fourth-order valence-corrected chi connectivity index (χ4v) is 2.96. The highest BCUT2D eigenvalue weighted by Crippen LogP contribution is 2.29. The molecule has 22 heavy (non-hydrogen) atoms. The van der Waals surface area contributed by atoms with Crippen LogP contribution in [-0.2, 0) is 16.4 Å². The molecule has 0 fully saturated rings. The predicted molar refractivity (Wildman–Crippen MR) is 79.7 cm³/mol. The molecule has 0 amide bonds. The highest BCUT2D eigenvalue weighted by molar-refractivity contribution is 7.89. The van der Waals surface area contributed by atoms with Crippen LogP contribution in [0.5, 0.6) is 11.5 Å². The van der Waals surface area contributed by atoms with E-state index < -0.39 is 10.0 Å². The van der Waals surface area contributed by atoms with E-state index in [1.54, 1.807) is 19.1 Å². The van der Waals surface area contributed by atoms with Crippen molar-refractivity contribution in [2.24, 2.45) is 0 Å². The minimum absolute atomic E-state index is 0.110. The lowest BCUT2D eigenvalue weighted by molar-refractivity contribution is 0.354. The molecular formula is C14H18N2O5S. The Balaban J connectivity index is 2.06. The number of ether oxygens (including phenoxy) is 2. The van der Waals surface area contributed by atoms with Crippen LogP contribution in [0, 0.1) is 6.92 Å². The molecule has 2 rings (SSSR count). The molecule has 8 heteroatoms. The molecule has 7 nitrogen and oxygen atoms in total. The zero-order valence-electron chi connectivity index (χ0n) is 12.6. The molecule has 0 saturated carbocycles. The van der Waals surface area contributed by atoms with Crippen LogP contribution < -0.4 is 14.2 Å². The largest absolute Gasteiger partial charge is 0.493 e. The zero-order valence-corrected chi connectivity index (χ0v) is 13.4. The smallest absolute Gasteiger partial charge is 0.240 e. The fourth-order valence-electron chi connectivity index (χ4n) is 1.91. The predicted octanol–water partition coefficient (Wildman–Crippen LogP) is 1.52. The summed E-state index contributed by atoms with van der Waals surface area (Å²) in [7, 11) is -0.687. The van der Waals surface area contributed by atoms with Crippen LogP contribution in [0.3, 0.4) is 0 Å². The van der Waals surface area contributed by atoms with Crippen molar-refractivity contribution in [2.75, 3.05) is 20.8 Å². The highest BCUT2D eigenvalue weighted by Gasteiger charge is 2.16. The van der Waals surface area contributed by atoms with Gasteiger partial charge in [-0.05, 0) is 19.1 Å². The summed E-state index contributed by atoms with van der Waals surface area (Å²) in [6, 6.07) is 6.19. The molecule has 0 aliphatic carbocycles. The molecule has 0 unspecified atom stereocenters. The molecule has 0 aliphatic rings. The molecule has 2 aromatic rings. The van der Waals surface area contributed by atoms with Gasteiger partial charge in [-0.1, -0.05) is 5.16 Å². The zero-order chi connectivity index (χ0) is 16.2. The first-order chi connectivity index (χ1) is 10.5. The van der Waals surface area contributed by atoms with E-state index in [4.69, 9.17) is 14.0 Å². The summed E-state index contributed by atoms with van der Waals surface area (Å²) in [6.07, 6.45) is 0.424. The molecule has 0 spiro atoms. The van der Waals surface area contributed by atoms with Gasteiger partial charge in [0.05, 0.1) is 24.8 Å². The Morgan fingerprint density at radius 3 is 2.50 bits per heavy atom. The first kappa shape index (κ1) is 16.3. The average Bonchev–Trinajstić information content (AvgIpc) is 2.91. The normalized spacial score (nSPS) is 11.4. The third-order valence-electron chi connectivity index (χ3n) is 3.01. The summed E-state index contributed by atoms with van der Waals surface area (Å²) < 4.78 is 42.2. The summed E-state index contributed by atoms with van der Waals surface area (Å²) in [5.74, 6) is 1.46. The summed E-state index contributed by atoms with van der Waals surface area (Å²) in [6.45, 7) is 2.02. The first-order valence-electron chi connectivity index (χ1n) is 6.60. The number of benzene rings is 1. The van der Waals surface area contributed by atoms with Gasteiger partial charge >= 0.3 is 0 Å².